The van der Waals surface area contributed by atoms with E-state index in [-0.39, 0.29) is 0 Å². The highest BCUT2D eigenvalue weighted by atomic mass is 16.3. The summed E-state index contributed by atoms with van der Waals surface area (Å²) in [4.78, 5) is 0. The molecule has 2 rings (SSSR count). The summed E-state index contributed by atoms with van der Waals surface area (Å²) in [6.07, 6.45) is 8.97. The fourth-order valence-electron chi connectivity index (χ4n) is 2.71. The molecule has 0 radical (unpaired) electrons. The summed E-state index contributed by atoms with van der Waals surface area (Å²) in [5, 5.41) is 10.5. The van der Waals surface area contributed by atoms with E-state index in [9.17, 15) is 5.11 Å². The smallest absolute Gasteiger partial charge is 0.0867 e. The van der Waals surface area contributed by atoms with Crippen LogP contribution in [0.4, 0.5) is 0 Å². The number of rotatable bonds is 5. The number of hydrogen-bond acceptors (Lipinski definition) is 1. The number of hydrogen-bond donors (Lipinski definition) is 1. The molecule has 0 fully saturated rings. The molecule has 0 amide bonds. The minimum atomic E-state index is -0.611. The molecule has 1 N–H and O–H groups in total. The SMILES string of the molecule is CCCCC1(O)C=CC(Cc2ccccc2)=C(C)C1. The van der Waals surface area contributed by atoms with Gasteiger partial charge in [0.25, 0.3) is 0 Å². The van der Waals surface area contributed by atoms with Crippen LogP contribution in [-0.4, -0.2) is 10.7 Å². The Morgan fingerprint density at radius 1 is 1.21 bits per heavy atom. The molecule has 1 atom stereocenters. The van der Waals surface area contributed by atoms with Crippen LogP contribution >= 0.6 is 0 Å². The maximum absolute atomic E-state index is 10.5. The van der Waals surface area contributed by atoms with Crippen molar-refractivity contribution in [3.05, 3.63) is 59.2 Å². The summed E-state index contributed by atoms with van der Waals surface area (Å²) in [7, 11) is 0. The number of allylic oxidation sites excluding steroid dienone is 2. The molecule has 0 heterocycles. The zero-order chi connectivity index (χ0) is 13.7. The van der Waals surface area contributed by atoms with Crippen molar-refractivity contribution < 1.29 is 5.11 Å². The second-order valence-electron chi connectivity index (χ2n) is 5.69. The monoisotopic (exact) mass is 256 g/mol. The molecule has 102 valence electrons. The van der Waals surface area contributed by atoms with Crippen LogP contribution in [0.3, 0.4) is 0 Å². The van der Waals surface area contributed by atoms with Crippen LogP contribution in [0, 0.1) is 0 Å². The van der Waals surface area contributed by atoms with Crippen LogP contribution in [-0.2, 0) is 6.42 Å². The highest BCUT2D eigenvalue weighted by Gasteiger charge is 2.26. The zero-order valence-electron chi connectivity index (χ0n) is 12.0. The lowest BCUT2D eigenvalue weighted by Crippen LogP contribution is -2.28. The molecule has 19 heavy (non-hydrogen) atoms. The molecule has 1 nitrogen and oxygen atoms in total. The van der Waals surface area contributed by atoms with E-state index in [0.29, 0.717) is 0 Å². The summed E-state index contributed by atoms with van der Waals surface area (Å²) >= 11 is 0. The summed E-state index contributed by atoms with van der Waals surface area (Å²) < 4.78 is 0. The minimum absolute atomic E-state index is 0.611. The Hall–Kier alpha value is -1.34. The van der Waals surface area contributed by atoms with Gasteiger partial charge < -0.3 is 5.11 Å². The average molecular weight is 256 g/mol. The molecule has 0 saturated heterocycles. The van der Waals surface area contributed by atoms with Crippen LogP contribution in [0.1, 0.15) is 45.1 Å². The van der Waals surface area contributed by atoms with Crippen molar-refractivity contribution in [2.24, 2.45) is 0 Å². The first-order valence-electron chi connectivity index (χ1n) is 7.27. The lowest BCUT2D eigenvalue weighted by molar-refractivity contribution is 0.0774. The number of benzene rings is 1. The number of aliphatic hydroxyl groups is 1. The van der Waals surface area contributed by atoms with Crippen LogP contribution < -0.4 is 0 Å². The first-order chi connectivity index (χ1) is 9.13. The minimum Gasteiger partial charge on any atom is -0.385 e. The molecule has 0 bridgehead atoms. The maximum Gasteiger partial charge on any atom is 0.0867 e. The molecule has 1 aromatic rings. The van der Waals surface area contributed by atoms with Crippen molar-refractivity contribution in [2.75, 3.05) is 0 Å². The van der Waals surface area contributed by atoms with Crippen molar-refractivity contribution >= 4 is 0 Å². The first kappa shape index (κ1) is 14.1. The molecule has 0 saturated carbocycles. The fourth-order valence-corrected chi connectivity index (χ4v) is 2.71. The molecule has 1 aromatic carbocycles. The van der Waals surface area contributed by atoms with E-state index >= 15 is 0 Å². The Kier molecular flexibility index (Phi) is 4.60. The Morgan fingerprint density at radius 3 is 2.58 bits per heavy atom. The van der Waals surface area contributed by atoms with Crippen LogP contribution in [0.25, 0.3) is 0 Å². The maximum atomic E-state index is 10.5. The van der Waals surface area contributed by atoms with Crippen molar-refractivity contribution in [2.45, 2.75) is 51.6 Å². The van der Waals surface area contributed by atoms with Crippen LogP contribution in [0.5, 0.6) is 0 Å². The normalized spacial score (nSPS) is 22.9. The highest BCUT2D eigenvalue weighted by Crippen LogP contribution is 2.32. The molecule has 1 heteroatoms. The molecule has 1 aliphatic rings. The van der Waals surface area contributed by atoms with Gasteiger partial charge in [-0.05, 0) is 30.9 Å². The molecule has 1 unspecified atom stereocenters. The molecular formula is C18H24O. The molecule has 1 aliphatic carbocycles. The second kappa shape index (κ2) is 6.21. The van der Waals surface area contributed by atoms with Crippen molar-refractivity contribution in [1.29, 1.82) is 0 Å². The van der Waals surface area contributed by atoms with Gasteiger partial charge in [-0.2, -0.15) is 0 Å². The summed E-state index contributed by atoms with van der Waals surface area (Å²) in [6, 6.07) is 10.5. The van der Waals surface area contributed by atoms with E-state index in [4.69, 9.17) is 0 Å². The Bertz CT molecular complexity index is 470. The lowest BCUT2D eigenvalue weighted by atomic mass is 9.82. The predicted molar refractivity (Wildman–Crippen MR) is 81.1 cm³/mol. The van der Waals surface area contributed by atoms with Crippen LogP contribution in [0.15, 0.2) is 53.6 Å². The van der Waals surface area contributed by atoms with E-state index in [1.807, 2.05) is 12.1 Å². The van der Waals surface area contributed by atoms with Gasteiger partial charge in [-0.1, -0.05) is 67.8 Å². The largest absolute Gasteiger partial charge is 0.385 e. The Balaban J connectivity index is 2.05. The van der Waals surface area contributed by atoms with Crippen molar-refractivity contribution in [1.82, 2.24) is 0 Å². The van der Waals surface area contributed by atoms with Gasteiger partial charge in [0.2, 0.25) is 0 Å². The summed E-state index contributed by atoms with van der Waals surface area (Å²) in [5.74, 6) is 0. The van der Waals surface area contributed by atoms with E-state index in [1.54, 1.807) is 0 Å². The van der Waals surface area contributed by atoms with Gasteiger partial charge in [0.15, 0.2) is 0 Å². The fraction of sp³-hybridized carbons (Fsp3) is 0.444. The van der Waals surface area contributed by atoms with Gasteiger partial charge in [-0.15, -0.1) is 0 Å². The average Bonchev–Trinajstić information content (AvgIpc) is 2.41. The molecule has 0 aromatic heterocycles. The van der Waals surface area contributed by atoms with Gasteiger partial charge >= 0.3 is 0 Å². The second-order valence-corrected chi connectivity index (χ2v) is 5.69. The van der Waals surface area contributed by atoms with Gasteiger partial charge in [0.05, 0.1) is 5.60 Å². The van der Waals surface area contributed by atoms with E-state index in [0.717, 1.165) is 32.1 Å². The summed E-state index contributed by atoms with van der Waals surface area (Å²) in [6.45, 7) is 4.32. The lowest BCUT2D eigenvalue weighted by Gasteiger charge is -2.29. The molecule has 0 spiro atoms. The first-order valence-corrected chi connectivity index (χ1v) is 7.27. The number of unbranched alkanes of at least 4 members (excludes halogenated alkanes) is 1. The third-order valence-corrected chi connectivity index (χ3v) is 3.91. The third kappa shape index (κ3) is 3.81. The molecule has 0 aliphatic heterocycles. The van der Waals surface area contributed by atoms with Crippen molar-refractivity contribution in [3.8, 4) is 0 Å². The van der Waals surface area contributed by atoms with Crippen LogP contribution in [0.2, 0.25) is 0 Å². The topological polar surface area (TPSA) is 20.2 Å². The van der Waals surface area contributed by atoms with E-state index < -0.39 is 5.60 Å². The quantitative estimate of drug-likeness (QED) is 0.826. The zero-order valence-corrected chi connectivity index (χ0v) is 12.0. The van der Waals surface area contributed by atoms with Gasteiger partial charge in [0, 0.05) is 6.42 Å². The Labute approximate surface area is 116 Å². The van der Waals surface area contributed by atoms with Gasteiger partial charge in [0.1, 0.15) is 0 Å². The third-order valence-electron chi connectivity index (χ3n) is 3.91. The van der Waals surface area contributed by atoms with Crippen molar-refractivity contribution in [3.63, 3.8) is 0 Å². The standard InChI is InChI=1S/C18H24O/c1-3-4-11-18(19)12-10-17(15(2)14-18)13-16-8-6-5-7-9-16/h5-10,12,19H,3-4,11,13-14H2,1-2H3. The Morgan fingerprint density at radius 2 is 1.95 bits per heavy atom. The summed E-state index contributed by atoms with van der Waals surface area (Å²) in [5.41, 5.74) is 3.40. The van der Waals surface area contributed by atoms with E-state index in [1.165, 1.54) is 16.7 Å². The van der Waals surface area contributed by atoms with Gasteiger partial charge in [-0.25, -0.2) is 0 Å². The van der Waals surface area contributed by atoms with E-state index in [2.05, 4.69) is 44.2 Å². The predicted octanol–water partition coefficient (Wildman–Crippen LogP) is 4.43. The van der Waals surface area contributed by atoms with Gasteiger partial charge in [-0.3, -0.25) is 0 Å². The molecular weight excluding hydrogens is 232 g/mol. The highest BCUT2D eigenvalue weighted by molar-refractivity contribution is 5.37.